The molecule has 160 valence electrons. The van der Waals surface area contributed by atoms with E-state index in [1.807, 2.05) is 0 Å². The Kier molecular flexibility index (Phi) is 10.3. The Morgan fingerprint density at radius 3 is 2.14 bits per heavy atom. The summed E-state index contributed by atoms with van der Waals surface area (Å²) < 4.78 is 9.67. The van der Waals surface area contributed by atoms with Crippen LogP contribution in [0.2, 0.25) is 0 Å². The number of amides is 3. The Morgan fingerprint density at radius 1 is 1.14 bits per heavy atom. The van der Waals surface area contributed by atoms with Crippen molar-refractivity contribution >= 4 is 23.9 Å². The van der Waals surface area contributed by atoms with Gasteiger partial charge in [0.1, 0.15) is 24.2 Å². The van der Waals surface area contributed by atoms with Gasteiger partial charge in [-0.2, -0.15) is 0 Å². The van der Waals surface area contributed by atoms with Crippen molar-refractivity contribution in [2.24, 2.45) is 5.92 Å². The van der Waals surface area contributed by atoms with Crippen LogP contribution in [0.25, 0.3) is 0 Å². The monoisotopic (exact) mass is 399 g/mol. The minimum Gasteiger partial charge on any atom is -0.468 e. The minimum atomic E-state index is -0.926. The van der Waals surface area contributed by atoms with Crippen LogP contribution in [-0.4, -0.2) is 66.7 Å². The highest BCUT2D eigenvalue weighted by molar-refractivity contribution is 5.92. The van der Waals surface area contributed by atoms with Gasteiger partial charge in [-0.05, 0) is 33.6 Å². The molecule has 0 bridgehead atoms. The van der Waals surface area contributed by atoms with E-state index >= 15 is 0 Å². The summed E-state index contributed by atoms with van der Waals surface area (Å²) >= 11 is 0. The molecule has 0 aliphatic heterocycles. The molecular weight excluding hydrogens is 366 g/mol. The van der Waals surface area contributed by atoms with E-state index in [4.69, 9.17) is 4.74 Å². The smallest absolute Gasteiger partial charge is 0.408 e. The van der Waals surface area contributed by atoms with E-state index < -0.39 is 41.6 Å². The van der Waals surface area contributed by atoms with E-state index in [2.05, 4.69) is 21.9 Å². The van der Waals surface area contributed by atoms with Gasteiger partial charge in [-0.15, -0.1) is 6.58 Å². The number of nitrogens with one attached hydrogen (secondary N) is 2. The molecule has 0 aliphatic rings. The fraction of sp³-hybridized carbons (Fsp3) is 0.684. The molecule has 0 aromatic heterocycles. The molecule has 0 aliphatic carbocycles. The Hall–Kier alpha value is -2.58. The first-order valence-electron chi connectivity index (χ1n) is 9.09. The summed E-state index contributed by atoms with van der Waals surface area (Å²) in [7, 11) is 1.21. The lowest BCUT2D eigenvalue weighted by Crippen LogP contribution is -2.57. The van der Waals surface area contributed by atoms with Gasteiger partial charge in [-0.3, -0.25) is 14.4 Å². The SMILES string of the molecule is C=CCN(C(=O)[C@H](C)NC(=O)OC(C)(C)C)C(C(=O)NCC(=O)OC)C(C)C. The fourth-order valence-electron chi connectivity index (χ4n) is 2.41. The number of carbonyl (C=O) groups excluding carboxylic acids is 4. The van der Waals surface area contributed by atoms with Crippen LogP contribution in [0.5, 0.6) is 0 Å². The number of hydrogen-bond acceptors (Lipinski definition) is 6. The highest BCUT2D eigenvalue weighted by Crippen LogP contribution is 2.14. The summed E-state index contributed by atoms with van der Waals surface area (Å²) in [5.41, 5.74) is -0.706. The van der Waals surface area contributed by atoms with Crippen LogP contribution in [0.4, 0.5) is 4.79 Å². The van der Waals surface area contributed by atoms with Crippen LogP contribution in [0, 0.1) is 5.92 Å². The first-order valence-corrected chi connectivity index (χ1v) is 9.09. The number of methoxy groups -OCH3 is 1. The van der Waals surface area contributed by atoms with E-state index in [0.29, 0.717) is 0 Å². The van der Waals surface area contributed by atoms with Gasteiger partial charge >= 0.3 is 12.1 Å². The zero-order valence-corrected chi connectivity index (χ0v) is 17.8. The largest absolute Gasteiger partial charge is 0.468 e. The lowest BCUT2D eigenvalue weighted by molar-refractivity contribution is -0.145. The average Bonchev–Trinajstić information content (AvgIpc) is 2.56. The predicted molar refractivity (Wildman–Crippen MR) is 104 cm³/mol. The first kappa shape index (κ1) is 25.4. The molecule has 2 atom stereocenters. The van der Waals surface area contributed by atoms with Gasteiger partial charge in [0, 0.05) is 6.54 Å². The predicted octanol–water partition coefficient (Wildman–Crippen LogP) is 1.23. The number of nitrogens with zero attached hydrogens (tertiary/aromatic N) is 1. The zero-order valence-electron chi connectivity index (χ0n) is 17.8. The normalized spacial score (nSPS) is 13.1. The van der Waals surface area contributed by atoms with Crippen LogP contribution in [0.1, 0.15) is 41.5 Å². The Bertz CT molecular complexity index is 583. The van der Waals surface area contributed by atoms with Crippen LogP contribution >= 0.6 is 0 Å². The van der Waals surface area contributed by atoms with Gasteiger partial charge in [0.25, 0.3) is 0 Å². The average molecular weight is 399 g/mol. The molecule has 1 unspecified atom stereocenters. The maximum absolute atomic E-state index is 12.9. The number of esters is 1. The molecule has 28 heavy (non-hydrogen) atoms. The molecular formula is C19H33N3O6. The van der Waals surface area contributed by atoms with Crippen molar-refractivity contribution in [3.05, 3.63) is 12.7 Å². The zero-order chi connectivity index (χ0) is 22.1. The van der Waals surface area contributed by atoms with Crippen LogP contribution < -0.4 is 10.6 Å². The molecule has 0 aromatic carbocycles. The second-order valence-electron chi connectivity index (χ2n) is 7.63. The van der Waals surface area contributed by atoms with Crippen LogP contribution in [0.15, 0.2) is 12.7 Å². The van der Waals surface area contributed by atoms with E-state index in [1.54, 1.807) is 34.6 Å². The highest BCUT2D eigenvalue weighted by Gasteiger charge is 2.34. The van der Waals surface area contributed by atoms with Gasteiger partial charge in [-0.25, -0.2) is 4.79 Å². The summed E-state index contributed by atoms with van der Waals surface area (Å²) in [6.45, 7) is 13.6. The molecule has 0 saturated carbocycles. The van der Waals surface area contributed by atoms with Gasteiger partial charge in [0.15, 0.2) is 0 Å². The molecule has 9 nitrogen and oxygen atoms in total. The van der Waals surface area contributed by atoms with Crippen molar-refractivity contribution in [3.63, 3.8) is 0 Å². The molecule has 9 heteroatoms. The molecule has 2 N–H and O–H groups in total. The molecule has 0 saturated heterocycles. The van der Waals surface area contributed by atoms with E-state index in [9.17, 15) is 19.2 Å². The van der Waals surface area contributed by atoms with Gasteiger partial charge in [0.2, 0.25) is 11.8 Å². The lowest BCUT2D eigenvalue weighted by atomic mass is 10.0. The Balaban J connectivity index is 5.35. The first-order chi connectivity index (χ1) is 12.8. The van der Waals surface area contributed by atoms with Crippen molar-refractivity contribution in [2.45, 2.75) is 59.2 Å². The van der Waals surface area contributed by atoms with Crippen LogP contribution in [0.3, 0.4) is 0 Å². The van der Waals surface area contributed by atoms with Crippen molar-refractivity contribution in [1.82, 2.24) is 15.5 Å². The molecule has 3 amide bonds. The molecule has 0 aromatic rings. The molecule has 0 heterocycles. The van der Waals surface area contributed by atoms with Crippen molar-refractivity contribution in [1.29, 1.82) is 0 Å². The van der Waals surface area contributed by atoms with Crippen molar-refractivity contribution in [3.8, 4) is 0 Å². The van der Waals surface area contributed by atoms with E-state index in [-0.39, 0.29) is 19.0 Å². The summed E-state index contributed by atoms with van der Waals surface area (Å²) in [6, 6.07) is -1.79. The molecule has 0 spiro atoms. The number of alkyl carbamates (subject to hydrolysis) is 1. The fourth-order valence-corrected chi connectivity index (χ4v) is 2.41. The summed E-state index contributed by atoms with van der Waals surface area (Å²) in [4.78, 5) is 50.1. The summed E-state index contributed by atoms with van der Waals surface area (Å²) in [5.74, 6) is -1.83. The Morgan fingerprint density at radius 2 is 1.71 bits per heavy atom. The third-order valence-electron chi connectivity index (χ3n) is 3.58. The van der Waals surface area contributed by atoms with Crippen molar-refractivity contribution < 1.29 is 28.7 Å². The standard InChI is InChI=1S/C19H33N3O6/c1-9-10-22(15(12(2)3)16(24)20-11-14(23)27-8)17(25)13(4)21-18(26)28-19(5,6)7/h9,12-13,15H,1,10-11H2,2-8H3,(H,20,24)(H,21,26)/t13-,15?/m0/s1. The topological polar surface area (TPSA) is 114 Å². The van der Waals surface area contributed by atoms with Crippen LogP contribution in [-0.2, 0) is 23.9 Å². The number of carbonyl (C=O) groups is 4. The second-order valence-corrected chi connectivity index (χ2v) is 7.63. The lowest BCUT2D eigenvalue weighted by Gasteiger charge is -2.34. The molecule has 0 rings (SSSR count). The number of ether oxygens (including phenoxy) is 2. The third kappa shape index (κ3) is 8.88. The van der Waals surface area contributed by atoms with Crippen molar-refractivity contribution in [2.75, 3.05) is 20.2 Å². The maximum atomic E-state index is 12.9. The number of rotatable bonds is 9. The van der Waals surface area contributed by atoms with E-state index in [1.165, 1.54) is 25.0 Å². The highest BCUT2D eigenvalue weighted by atomic mass is 16.6. The summed E-state index contributed by atoms with van der Waals surface area (Å²) in [5, 5.41) is 4.94. The van der Waals surface area contributed by atoms with Gasteiger partial charge < -0.3 is 25.0 Å². The van der Waals surface area contributed by atoms with E-state index in [0.717, 1.165) is 0 Å². The third-order valence-corrected chi connectivity index (χ3v) is 3.58. The summed E-state index contributed by atoms with van der Waals surface area (Å²) in [6.07, 6.45) is 0.754. The van der Waals surface area contributed by atoms with Gasteiger partial charge in [0.05, 0.1) is 7.11 Å². The quantitative estimate of drug-likeness (QED) is 0.445. The van der Waals surface area contributed by atoms with Gasteiger partial charge in [-0.1, -0.05) is 19.9 Å². The maximum Gasteiger partial charge on any atom is 0.408 e. The minimum absolute atomic E-state index is 0.0909. The Labute approximate surface area is 166 Å². The molecule has 0 radical (unpaired) electrons. The number of hydrogen-bond donors (Lipinski definition) is 2. The second kappa shape index (κ2) is 11.3. The molecule has 0 fully saturated rings.